The van der Waals surface area contributed by atoms with Gasteiger partial charge in [-0.25, -0.2) is 4.68 Å². The average Bonchev–Trinajstić information content (AvgIpc) is 2.43. The third-order valence-corrected chi connectivity index (χ3v) is 2.62. The molecule has 0 saturated heterocycles. The molecule has 0 aliphatic heterocycles. The third kappa shape index (κ3) is 2.04. The first kappa shape index (κ1) is 10.2. The van der Waals surface area contributed by atoms with Gasteiger partial charge in [-0.15, -0.1) is 0 Å². The zero-order valence-electron chi connectivity index (χ0n) is 8.66. The molecular weight excluding hydrogens is 254 g/mol. The molecule has 0 radical (unpaired) electrons. The van der Waals surface area contributed by atoms with Gasteiger partial charge in [0.05, 0.1) is 11.4 Å². The van der Waals surface area contributed by atoms with Crippen molar-refractivity contribution in [2.24, 2.45) is 0 Å². The third-order valence-electron chi connectivity index (χ3n) is 2.16. The molecule has 2 N–H and O–H groups in total. The second-order valence-corrected chi connectivity index (χ2v) is 4.50. The van der Waals surface area contributed by atoms with E-state index in [4.69, 9.17) is 5.73 Å². The average molecular weight is 266 g/mol. The van der Waals surface area contributed by atoms with Crippen LogP contribution in [0.25, 0.3) is 5.69 Å². The van der Waals surface area contributed by atoms with E-state index in [1.807, 2.05) is 42.8 Å². The van der Waals surface area contributed by atoms with Crippen LogP contribution >= 0.6 is 15.9 Å². The first-order valence-corrected chi connectivity index (χ1v) is 5.45. The summed E-state index contributed by atoms with van der Waals surface area (Å²) in [6.07, 6.45) is 0. The maximum absolute atomic E-state index is 5.78. The molecule has 0 spiro atoms. The van der Waals surface area contributed by atoms with Gasteiger partial charge in [-0.05, 0) is 38.1 Å². The monoisotopic (exact) mass is 265 g/mol. The molecule has 1 aromatic heterocycles. The maximum atomic E-state index is 5.78. The molecule has 3 nitrogen and oxygen atoms in total. The van der Waals surface area contributed by atoms with Crippen LogP contribution in [0.5, 0.6) is 0 Å². The van der Waals surface area contributed by atoms with E-state index in [0.717, 1.165) is 27.2 Å². The highest BCUT2D eigenvalue weighted by Crippen LogP contribution is 2.21. The van der Waals surface area contributed by atoms with Crippen LogP contribution < -0.4 is 5.73 Å². The SMILES string of the molecule is Cc1cc(C)n(-c2cc(N)cc(Br)c2)n1. The van der Waals surface area contributed by atoms with Gasteiger partial charge in [-0.1, -0.05) is 15.9 Å². The van der Waals surface area contributed by atoms with E-state index in [0.29, 0.717) is 0 Å². The molecule has 0 amide bonds. The number of aryl methyl sites for hydroxylation is 2. The van der Waals surface area contributed by atoms with Crippen molar-refractivity contribution < 1.29 is 0 Å². The fraction of sp³-hybridized carbons (Fsp3) is 0.182. The van der Waals surface area contributed by atoms with Gasteiger partial charge in [0.25, 0.3) is 0 Å². The molecule has 0 fully saturated rings. The molecule has 78 valence electrons. The highest BCUT2D eigenvalue weighted by Gasteiger charge is 2.04. The Morgan fingerprint density at radius 1 is 1.20 bits per heavy atom. The second-order valence-electron chi connectivity index (χ2n) is 3.58. The summed E-state index contributed by atoms with van der Waals surface area (Å²) in [7, 11) is 0. The van der Waals surface area contributed by atoms with E-state index in [-0.39, 0.29) is 0 Å². The number of nitrogens with zero attached hydrogens (tertiary/aromatic N) is 2. The van der Waals surface area contributed by atoms with Crippen LogP contribution in [0, 0.1) is 13.8 Å². The standard InChI is InChI=1S/C11H12BrN3/c1-7-3-8(2)15(14-7)11-5-9(12)4-10(13)6-11/h3-6H,13H2,1-2H3. The van der Waals surface area contributed by atoms with Gasteiger partial charge in [0.2, 0.25) is 0 Å². The number of benzene rings is 1. The van der Waals surface area contributed by atoms with Crippen LogP contribution in [0.1, 0.15) is 11.4 Å². The Bertz CT molecular complexity index is 482. The summed E-state index contributed by atoms with van der Waals surface area (Å²) in [6, 6.07) is 7.81. The molecule has 0 saturated carbocycles. The Hall–Kier alpha value is -1.29. The van der Waals surface area contributed by atoms with Crippen LogP contribution in [0.3, 0.4) is 0 Å². The molecule has 0 bridgehead atoms. The Morgan fingerprint density at radius 3 is 2.47 bits per heavy atom. The fourth-order valence-electron chi connectivity index (χ4n) is 1.61. The summed E-state index contributed by atoms with van der Waals surface area (Å²) >= 11 is 3.42. The van der Waals surface area contributed by atoms with Crippen LogP contribution in [0.4, 0.5) is 5.69 Å². The van der Waals surface area contributed by atoms with Crippen molar-refractivity contribution in [3.63, 3.8) is 0 Å². The van der Waals surface area contributed by atoms with Crippen LogP contribution in [-0.4, -0.2) is 9.78 Å². The van der Waals surface area contributed by atoms with Gasteiger partial charge in [0.1, 0.15) is 0 Å². The molecule has 2 rings (SSSR count). The van der Waals surface area contributed by atoms with E-state index < -0.39 is 0 Å². The lowest BCUT2D eigenvalue weighted by molar-refractivity contribution is 0.833. The van der Waals surface area contributed by atoms with E-state index in [2.05, 4.69) is 21.0 Å². The van der Waals surface area contributed by atoms with Crippen molar-refractivity contribution in [3.05, 3.63) is 40.1 Å². The van der Waals surface area contributed by atoms with Crippen LogP contribution in [-0.2, 0) is 0 Å². The molecule has 0 atom stereocenters. The van der Waals surface area contributed by atoms with Gasteiger partial charge < -0.3 is 5.73 Å². The van der Waals surface area contributed by atoms with Crippen LogP contribution in [0.15, 0.2) is 28.7 Å². The predicted molar refractivity (Wildman–Crippen MR) is 65.2 cm³/mol. The molecule has 1 aromatic carbocycles. The van der Waals surface area contributed by atoms with Crippen molar-refractivity contribution in [2.45, 2.75) is 13.8 Å². The zero-order chi connectivity index (χ0) is 11.0. The molecule has 4 heteroatoms. The number of nitrogen functional groups attached to an aromatic ring is 1. The van der Waals surface area contributed by atoms with Crippen LogP contribution in [0.2, 0.25) is 0 Å². The summed E-state index contributed by atoms with van der Waals surface area (Å²) in [5.74, 6) is 0. The lowest BCUT2D eigenvalue weighted by Gasteiger charge is -2.06. The van der Waals surface area contributed by atoms with Crippen molar-refractivity contribution in [1.82, 2.24) is 9.78 Å². The highest BCUT2D eigenvalue weighted by atomic mass is 79.9. The minimum atomic E-state index is 0.729. The topological polar surface area (TPSA) is 43.8 Å². The minimum Gasteiger partial charge on any atom is -0.399 e. The summed E-state index contributed by atoms with van der Waals surface area (Å²) in [5.41, 5.74) is 9.60. The van der Waals surface area contributed by atoms with Crippen molar-refractivity contribution in [2.75, 3.05) is 5.73 Å². The number of hydrogen-bond acceptors (Lipinski definition) is 2. The molecule has 0 aliphatic rings. The molecule has 0 unspecified atom stereocenters. The summed E-state index contributed by atoms with van der Waals surface area (Å²) in [5, 5.41) is 4.40. The number of aromatic nitrogens is 2. The number of rotatable bonds is 1. The largest absolute Gasteiger partial charge is 0.399 e. The highest BCUT2D eigenvalue weighted by molar-refractivity contribution is 9.10. The smallest absolute Gasteiger partial charge is 0.0680 e. The Kier molecular flexibility index (Phi) is 2.52. The van der Waals surface area contributed by atoms with E-state index >= 15 is 0 Å². The molecular formula is C11H12BrN3. The molecule has 2 aromatic rings. The number of hydrogen-bond donors (Lipinski definition) is 1. The van der Waals surface area contributed by atoms with E-state index in [1.54, 1.807) is 0 Å². The number of nitrogens with two attached hydrogens (primary N) is 1. The van der Waals surface area contributed by atoms with Crippen molar-refractivity contribution in [1.29, 1.82) is 0 Å². The molecule has 0 aliphatic carbocycles. The lowest BCUT2D eigenvalue weighted by Crippen LogP contribution is -2.00. The normalized spacial score (nSPS) is 10.6. The lowest BCUT2D eigenvalue weighted by atomic mass is 10.3. The number of anilines is 1. The summed E-state index contributed by atoms with van der Waals surface area (Å²) in [6.45, 7) is 4.00. The van der Waals surface area contributed by atoms with Gasteiger partial charge >= 0.3 is 0 Å². The first-order chi connectivity index (χ1) is 7.06. The van der Waals surface area contributed by atoms with Gasteiger partial charge in [0.15, 0.2) is 0 Å². The Labute approximate surface area is 97.0 Å². The van der Waals surface area contributed by atoms with Gasteiger partial charge in [0, 0.05) is 15.9 Å². The first-order valence-electron chi connectivity index (χ1n) is 4.66. The Balaban J connectivity index is 2.58. The van der Waals surface area contributed by atoms with E-state index in [1.165, 1.54) is 0 Å². The maximum Gasteiger partial charge on any atom is 0.0680 e. The van der Waals surface area contributed by atoms with E-state index in [9.17, 15) is 0 Å². The quantitative estimate of drug-likeness (QED) is 0.806. The van der Waals surface area contributed by atoms with Gasteiger partial charge in [-0.3, -0.25) is 0 Å². The van der Waals surface area contributed by atoms with Crippen molar-refractivity contribution >= 4 is 21.6 Å². The van der Waals surface area contributed by atoms with Gasteiger partial charge in [-0.2, -0.15) is 5.10 Å². The second kappa shape index (κ2) is 3.70. The predicted octanol–water partition coefficient (Wildman–Crippen LogP) is 2.83. The number of halogens is 1. The fourth-order valence-corrected chi connectivity index (χ4v) is 2.11. The molecule has 15 heavy (non-hydrogen) atoms. The minimum absolute atomic E-state index is 0.729. The summed E-state index contributed by atoms with van der Waals surface area (Å²) in [4.78, 5) is 0. The summed E-state index contributed by atoms with van der Waals surface area (Å²) < 4.78 is 2.85. The zero-order valence-corrected chi connectivity index (χ0v) is 10.2. The Morgan fingerprint density at radius 2 is 1.93 bits per heavy atom. The van der Waals surface area contributed by atoms with Crippen molar-refractivity contribution in [3.8, 4) is 5.69 Å². The molecule has 1 heterocycles.